The summed E-state index contributed by atoms with van der Waals surface area (Å²) in [6, 6.07) is 10.8. The highest BCUT2D eigenvalue weighted by Crippen LogP contribution is 2.11. The number of rotatable bonds is 9. The molecule has 0 aliphatic carbocycles. The second-order valence-electron chi connectivity index (χ2n) is 4.86. The molecule has 1 aromatic rings. The van der Waals surface area contributed by atoms with Crippen LogP contribution in [0.4, 0.5) is 0 Å². The second kappa shape index (κ2) is 8.60. The highest BCUT2D eigenvalue weighted by molar-refractivity contribution is 7.99. The largest absolute Gasteiger partial charge is 0.324 e. The molecule has 18 heavy (non-hydrogen) atoms. The molecule has 0 saturated heterocycles. The fraction of sp³-hybridized carbons (Fsp3) is 0.625. The third-order valence-corrected chi connectivity index (χ3v) is 5.06. The molecule has 0 aromatic heterocycles. The first-order chi connectivity index (χ1) is 8.76. The van der Waals surface area contributed by atoms with Crippen LogP contribution in [0, 0.1) is 0 Å². The van der Waals surface area contributed by atoms with Gasteiger partial charge in [0.1, 0.15) is 0 Å². The van der Waals surface area contributed by atoms with Crippen molar-refractivity contribution in [2.45, 2.75) is 27.2 Å². The van der Waals surface area contributed by atoms with Crippen LogP contribution in [0.2, 0.25) is 0 Å². The van der Waals surface area contributed by atoms with Gasteiger partial charge in [0.05, 0.1) is 26.2 Å². The van der Waals surface area contributed by atoms with Gasteiger partial charge in [0.15, 0.2) is 0 Å². The zero-order valence-corrected chi connectivity index (χ0v) is 13.0. The summed E-state index contributed by atoms with van der Waals surface area (Å²) in [6.07, 6.45) is 1.20. The lowest BCUT2D eigenvalue weighted by Gasteiger charge is -2.35. The fourth-order valence-corrected chi connectivity index (χ4v) is 3.44. The fourth-order valence-electron chi connectivity index (χ4n) is 2.34. The van der Waals surface area contributed by atoms with Gasteiger partial charge in [0.2, 0.25) is 0 Å². The lowest BCUT2D eigenvalue weighted by molar-refractivity contribution is -0.920. The van der Waals surface area contributed by atoms with Gasteiger partial charge in [0, 0.05) is 5.75 Å². The van der Waals surface area contributed by atoms with Gasteiger partial charge in [-0.3, -0.25) is 0 Å². The van der Waals surface area contributed by atoms with Gasteiger partial charge in [-0.1, -0.05) is 30.3 Å². The van der Waals surface area contributed by atoms with E-state index in [1.165, 1.54) is 54.2 Å². The number of hydrogen-bond donors (Lipinski definition) is 0. The quantitative estimate of drug-likeness (QED) is 0.483. The Morgan fingerprint density at radius 2 is 1.50 bits per heavy atom. The number of benzene rings is 1. The molecule has 0 aliphatic heterocycles. The van der Waals surface area contributed by atoms with Gasteiger partial charge in [-0.05, 0) is 38.5 Å². The summed E-state index contributed by atoms with van der Waals surface area (Å²) in [4.78, 5) is 0. The SMILES string of the molecule is CC[N+](CC)(CC)CCSCCc1ccccc1. The van der Waals surface area contributed by atoms with Crippen LogP contribution in [0.15, 0.2) is 30.3 Å². The predicted octanol–water partition coefficient (Wildman–Crippen LogP) is 3.84. The molecule has 0 N–H and O–H groups in total. The molecule has 0 radical (unpaired) electrons. The van der Waals surface area contributed by atoms with E-state index in [0.29, 0.717) is 0 Å². The number of hydrogen-bond acceptors (Lipinski definition) is 1. The number of nitrogens with zero attached hydrogens (tertiary/aromatic N) is 1. The van der Waals surface area contributed by atoms with Crippen molar-refractivity contribution in [1.29, 1.82) is 0 Å². The molecule has 0 heterocycles. The Balaban J connectivity index is 2.18. The van der Waals surface area contributed by atoms with E-state index in [4.69, 9.17) is 0 Å². The van der Waals surface area contributed by atoms with Crippen molar-refractivity contribution in [1.82, 2.24) is 0 Å². The smallest absolute Gasteiger partial charge is 0.0878 e. The normalized spacial score (nSPS) is 11.7. The van der Waals surface area contributed by atoms with Gasteiger partial charge in [-0.25, -0.2) is 0 Å². The van der Waals surface area contributed by atoms with Crippen molar-refractivity contribution in [3.8, 4) is 0 Å². The van der Waals surface area contributed by atoms with E-state index in [-0.39, 0.29) is 0 Å². The summed E-state index contributed by atoms with van der Waals surface area (Å²) >= 11 is 2.11. The summed E-state index contributed by atoms with van der Waals surface area (Å²) in [5.74, 6) is 2.55. The summed E-state index contributed by atoms with van der Waals surface area (Å²) in [6.45, 7) is 12.1. The maximum atomic E-state index is 2.32. The van der Waals surface area contributed by atoms with Gasteiger partial charge >= 0.3 is 0 Å². The van der Waals surface area contributed by atoms with Crippen LogP contribution >= 0.6 is 11.8 Å². The van der Waals surface area contributed by atoms with Crippen LogP contribution in [-0.2, 0) is 6.42 Å². The molecule has 0 atom stereocenters. The molecule has 0 spiro atoms. The van der Waals surface area contributed by atoms with E-state index in [1.807, 2.05) is 0 Å². The Labute approximate surface area is 117 Å². The first kappa shape index (κ1) is 15.6. The van der Waals surface area contributed by atoms with Gasteiger partial charge in [-0.15, -0.1) is 0 Å². The number of quaternary nitrogens is 1. The first-order valence-corrected chi connectivity index (χ1v) is 8.38. The minimum atomic E-state index is 1.20. The molecule has 0 aliphatic rings. The predicted molar refractivity (Wildman–Crippen MR) is 84.2 cm³/mol. The minimum absolute atomic E-state index is 1.20. The lowest BCUT2D eigenvalue weighted by Crippen LogP contribution is -2.48. The molecular weight excluding hydrogens is 238 g/mol. The molecule has 102 valence electrons. The number of aryl methyl sites for hydroxylation is 1. The monoisotopic (exact) mass is 266 g/mol. The van der Waals surface area contributed by atoms with Crippen LogP contribution < -0.4 is 0 Å². The third kappa shape index (κ3) is 5.03. The highest BCUT2D eigenvalue weighted by atomic mass is 32.2. The summed E-state index contributed by atoms with van der Waals surface area (Å²) in [5.41, 5.74) is 1.47. The highest BCUT2D eigenvalue weighted by Gasteiger charge is 2.19. The first-order valence-electron chi connectivity index (χ1n) is 7.23. The van der Waals surface area contributed by atoms with Crippen LogP contribution in [0.3, 0.4) is 0 Å². The molecule has 1 nitrogen and oxygen atoms in total. The van der Waals surface area contributed by atoms with Crippen LogP contribution in [0.5, 0.6) is 0 Å². The summed E-state index contributed by atoms with van der Waals surface area (Å²) in [7, 11) is 0. The third-order valence-electron chi connectivity index (χ3n) is 4.10. The Kier molecular flexibility index (Phi) is 7.45. The molecular formula is C16H28NS+. The maximum Gasteiger partial charge on any atom is 0.0878 e. The van der Waals surface area contributed by atoms with E-state index in [1.54, 1.807) is 0 Å². The average Bonchev–Trinajstić information content (AvgIpc) is 2.45. The molecule has 2 heteroatoms. The van der Waals surface area contributed by atoms with Crippen molar-refractivity contribution >= 4 is 11.8 Å². The van der Waals surface area contributed by atoms with E-state index in [9.17, 15) is 0 Å². The molecule has 0 unspecified atom stereocenters. The molecule has 0 bridgehead atoms. The van der Waals surface area contributed by atoms with Crippen molar-refractivity contribution in [2.24, 2.45) is 0 Å². The zero-order chi connectivity index (χ0) is 13.3. The summed E-state index contributed by atoms with van der Waals surface area (Å²) in [5, 5.41) is 0. The second-order valence-corrected chi connectivity index (χ2v) is 6.09. The molecule has 0 fully saturated rings. The zero-order valence-electron chi connectivity index (χ0n) is 12.2. The van der Waals surface area contributed by atoms with Gasteiger partial charge < -0.3 is 4.48 Å². The van der Waals surface area contributed by atoms with Crippen molar-refractivity contribution < 1.29 is 4.48 Å². The topological polar surface area (TPSA) is 0 Å². The van der Waals surface area contributed by atoms with E-state index in [0.717, 1.165) is 0 Å². The summed E-state index contributed by atoms with van der Waals surface area (Å²) < 4.78 is 1.28. The average molecular weight is 266 g/mol. The Morgan fingerprint density at radius 1 is 0.889 bits per heavy atom. The van der Waals surface area contributed by atoms with Gasteiger partial charge in [-0.2, -0.15) is 11.8 Å². The lowest BCUT2D eigenvalue weighted by atomic mass is 10.2. The molecule has 1 rings (SSSR count). The van der Waals surface area contributed by atoms with Gasteiger partial charge in [0.25, 0.3) is 0 Å². The van der Waals surface area contributed by atoms with Crippen LogP contribution in [0.1, 0.15) is 26.3 Å². The van der Waals surface area contributed by atoms with Crippen LogP contribution in [0.25, 0.3) is 0 Å². The minimum Gasteiger partial charge on any atom is -0.324 e. The van der Waals surface area contributed by atoms with E-state index in [2.05, 4.69) is 62.9 Å². The molecule has 0 amide bonds. The molecule has 0 saturated carbocycles. The van der Waals surface area contributed by atoms with E-state index < -0.39 is 0 Å². The van der Waals surface area contributed by atoms with Crippen molar-refractivity contribution in [3.05, 3.63) is 35.9 Å². The van der Waals surface area contributed by atoms with E-state index >= 15 is 0 Å². The number of thioether (sulfide) groups is 1. The van der Waals surface area contributed by atoms with Crippen molar-refractivity contribution in [2.75, 3.05) is 37.7 Å². The Hall–Kier alpha value is -0.470. The van der Waals surface area contributed by atoms with Crippen molar-refractivity contribution in [3.63, 3.8) is 0 Å². The Bertz CT molecular complexity index is 298. The maximum absolute atomic E-state index is 2.32. The van der Waals surface area contributed by atoms with Crippen LogP contribution in [-0.4, -0.2) is 42.2 Å². The standard InChI is InChI=1S/C16H28NS/c1-4-17(5-2,6-3)13-15-18-14-12-16-10-8-7-9-11-16/h7-11H,4-6,12-15H2,1-3H3/q+1. The molecule has 1 aromatic carbocycles. The Morgan fingerprint density at radius 3 is 2.06 bits per heavy atom.